The number of ether oxygens (including phenoxy) is 1. The lowest BCUT2D eigenvalue weighted by Crippen LogP contribution is -2.11. The topological polar surface area (TPSA) is 21.3 Å². The zero-order chi connectivity index (χ0) is 11.2. The third-order valence-electron chi connectivity index (χ3n) is 2.34. The SMILES string of the molecule is COc1cccc(CNCc2cccs2)c1.Cl. The zero-order valence-corrected chi connectivity index (χ0v) is 11.3. The summed E-state index contributed by atoms with van der Waals surface area (Å²) in [6.45, 7) is 1.80. The Morgan fingerprint density at radius 3 is 2.76 bits per heavy atom. The predicted molar refractivity (Wildman–Crippen MR) is 75.1 cm³/mol. The number of hydrogen-bond donors (Lipinski definition) is 1. The molecule has 2 aromatic rings. The van der Waals surface area contributed by atoms with Gasteiger partial charge in [-0.05, 0) is 29.1 Å². The van der Waals surface area contributed by atoms with Gasteiger partial charge in [-0.1, -0.05) is 18.2 Å². The van der Waals surface area contributed by atoms with Gasteiger partial charge in [0.05, 0.1) is 7.11 Å². The molecule has 1 aromatic carbocycles. The maximum atomic E-state index is 5.18. The molecule has 0 fully saturated rings. The fraction of sp³-hybridized carbons (Fsp3) is 0.231. The van der Waals surface area contributed by atoms with Gasteiger partial charge in [0, 0.05) is 18.0 Å². The zero-order valence-electron chi connectivity index (χ0n) is 9.68. The third kappa shape index (κ3) is 4.38. The van der Waals surface area contributed by atoms with E-state index in [1.165, 1.54) is 10.4 Å². The summed E-state index contributed by atoms with van der Waals surface area (Å²) in [4.78, 5) is 1.36. The normalized spacial score (nSPS) is 9.71. The highest BCUT2D eigenvalue weighted by atomic mass is 35.5. The molecule has 0 radical (unpaired) electrons. The van der Waals surface area contributed by atoms with Crippen molar-refractivity contribution in [3.8, 4) is 5.75 Å². The molecular formula is C13H16ClNOS. The van der Waals surface area contributed by atoms with Crippen molar-refractivity contribution in [2.75, 3.05) is 7.11 Å². The van der Waals surface area contributed by atoms with Crippen LogP contribution in [0.25, 0.3) is 0 Å². The quantitative estimate of drug-likeness (QED) is 0.897. The summed E-state index contributed by atoms with van der Waals surface area (Å²) >= 11 is 1.78. The maximum absolute atomic E-state index is 5.18. The molecule has 1 heterocycles. The fourth-order valence-electron chi connectivity index (χ4n) is 1.53. The summed E-state index contributed by atoms with van der Waals surface area (Å²) in [5.74, 6) is 0.912. The van der Waals surface area contributed by atoms with Crippen molar-refractivity contribution in [3.63, 3.8) is 0 Å². The average molecular weight is 270 g/mol. The Labute approximate surface area is 112 Å². The smallest absolute Gasteiger partial charge is 0.119 e. The molecule has 0 unspecified atom stereocenters. The minimum absolute atomic E-state index is 0. The van der Waals surface area contributed by atoms with Gasteiger partial charge in [-0.3, -0.25) is 0 Å². The van der Waals surface area contributed by atoms with Crippen LogP contribution >= 0.6 is 23.7 Å². The largest absolute Gasteiger partial charge is 0.497 e. The van der Waals surface area contributed by atoms with Crippen LogP contribution in [0.3, 0.4) is 0 Å². The number of halogens is 1. The number of hydrogen-bond acceptors (Lipinski definition) is 3. The van der Waals surface area contributed by atoms with Crippen LogP contribution < -0.4 is 10.1 Å². The third-order valence-corrected chi connectivity index (χ3v) is 3.22. The summed E-state index contributed by atoms with van der Waals surface area (Å²) in [5, 5.41) is 5.51. The van der Waals surface area contributed by atoms with E-state index in [1.807, 2.05) is 12.1 Å². The van der Waals surface area contributed by atoms with Gasteiger partial charge >= 0.3 is 0 Å². The van der Waals surface area contributed by atoms with E-state index in [0.29, 0.717) is 0 Å². The second-order valence-electron chi connectivity index (χ2n) is 3.53. The molecule has 0 spiro atoms. The molecule has 2 rings (SSSR count). The summed E-state index contributed by atoms with van der Waals surface area (Å²) in [5.41, 5.74) is 1.25. The molecule has 0 amide bonds. The Kier molecular flexibility index (Phi) is 6.05. The Hall–Kier alpha value is -1.03. The van der Waals surface area contributed by atoms with E-state index in [0.717, 1.165) is 18.8 Å². The highest BCUT2D eigenvalue weighted by Gasteiger charge is 1.96. The van der Waals surface area contributed by atoms with Gasteiger partial charge in [-0.15, -0.1) is 23.7 Å². The van der Waals surface area contributed by atoms with Crippen molar-refractivity contribution >= 4 is 23.7 Å². The Balaban J connectivity index is 0.00000144. The van der Waals surface area contributed by atoms with Crippen molar-refractivity contribution in [1.29, 1.82) is 0 Å². The molecule has 0 bridgehead atoms. The first-order valence-corrected chi connectivity index (χ1v) is 6.12. The van der Waals surface area contributed by atoms with Crippen LogP contribution in [0.1, 0.15) is 10.4 Å². The number of rotatable bonds is 5. The van der Waals surface area contributed by atoms with E-state index in [4.69, 9.17) is 4.74 Å². The molecule has 2 nitrogen and oxygen atoms in total. The predicted octanol–water partition coefficient (Wildman–Crippen LogP) is 3.47. The van der Waals surface area contributed by atoms with Crippen LogP contribution in [0.5, 0.6) is 5.75 Å². The average Bonchev–Trinajstić information content (AvgIpc) is 2.82. The van der Waals surface area contributed by atoms with Gasteiger partial charge in [0.1, 0.15) is 5.75 Å². The first kappa shape index (κ1) is 14.0. The number of thiophene rings is 1. The molecule has 0 saturated carbocycles. The Bertz CT molecular complexity index is 431. The molecule has 17 heavy (non-hydrogen) atoms. The van der Waals surface area contributed by atoms with Gasteiger partial charge in [0.15, 0.2) is 0 Å². The van der Waals surface area contributed by atoms with E-state index < -0.39 is 0 Å². The summed E-state index contributed by atoms with van der Waals surface area (Å²) in [6, 6.07) is 12.4. The van der Waals surface area contributed by atoms with Crippen LogP contribution in [0.4, 0.5) is 0 Å². The van der Waals surface area contributed by atoms with Gasteiger partial charge in [-0.25, -0.2) is 0 Å². The van der Waals surface area contributed by atoms with Crippen molar-refractivity contribution in [2.24, 2.45) is 0 Å². The molecule has 1 aromatic heterocycles. The first-order chi connectivity index (χ1) is 7.88. The molecule has 4 heteroatoms. The van der Waals surface area contributed by atoms with E-state index >= 15 is 0 Å². The van der Waals surface area contributed by atoms with Gasteiger partial charge < -0.3 is 10.1 Å². The highest BCUT2D eigenvalue weighted by Crippen LogP contribution is 2.13. The van der Waals surface area contributed by atoms with Gasteiger partial charge in [0.2, 0.25) is 0 Å². The molecule has 0 saturated heterocycles. The minimum atomic E-state index is 0. The number of benzene rings is 1. The van der Waals surface area contributed by atoms with Crippen LogP contribution in [-0.4, -0.2) is 7.11 Å². The molecule has 0 aliphatic carbocycles. The minimum Gasteiger partial charge on any atom is -0.497 e. The van der Waals surface area contributed by atoms with Crippen LogP contribution in [0.2, 0.25) is 0 Å². The summed E-state index contributed by atoms with van der Waals surface area (Å²) < 4.78 is 5.18. The Morgan fingerprint density at radius 1 is 1.18 bits per heavy atom. The molecule has 0 aliphatic rings. The van der Waals surface area contributed by atoms with Crippen LogP contribution in [0.15, 0.2) is 41.8 Å². The van der Waals surface area contributed by atoms with Crippen molar-refractivity contribution < 1.29 is 4.74 Å². The van der Waals surface area contributed by atoms with E-state index in [2.05, 4.69) is 35.0 Å². The first-order valence-electron chi connectivity index (χ1n) is 5.24. The van der Waals surface area contributed by atoms with Gasteiger partial charge in [-0.2, -0.15) is 0 Å². The highest BCUT2D eigenvalue weighted by molar-refractivity contribution is 7.09. The second kappa shape index (κ2) is 7.33. The van der Waals surface area contributed by atoms with Crippen molar-refractivity contribution in [3.05, 3.63) is 52.2 Å². The summed E-state index contributed by atoms with van der Waals surface area (Å²) in [7, 11) is 1.69. The number of methoxy groups -OCH3 is 1. The Morgan fingerprint density at radius 2 is 2.06 bits per heavy atom. The molecule has 0 aliphatic heterocycles. The van der Waals surface area contributed by atoms with Crippen molar-refractivity contribution in [1.82, 2.24) is 5.32 Å². The fourth-order valence-corrected chi connectivity index (χ4v) is 2.20. The second-order valence-corrected chi connectivity index (χ2v) is 4.57. The van der Waals surface area contributed by atoms with Crippen LogP contribution in [-0.2, 0) is 13.1 Å². The lowest BCUT2D eigenvalue weighted by molar-refractivity contribution is 0.414. The van der Waals surface area contributed by atoms with E-state index in [1.54, 1.807) is 18.4 Å². The van der Waals surface area contributed by atoms with Crippen LogP contribution in [0, 0.1) is 0 Å². The number of nitrogens with one attached hydrogen (secondary N) is 1. The van der Waals surface area contributed by atoms with E-state index in [-0.39, 0.29) is 12.4 Å². The van der Waals surface area contributed by atoms with Crippen molar-refractivity contribution in [2.45, 2.75) is 13.1 Å². The molecule has 0 atom stereocenters. The molecule has 92 valence electrons. The summed E-state index contributed by atoms with van der Waals surface area (Å²) in [6.07, 6.45) is 0. The van der Waals surface area contributed by atoms with E-state index in [9.17, 15) is 0 Å². The van der Waals surface area contributed by atoms with Gasteiger partial charge in [0.25, 0.3) is 0 Å². The standard InChI is InChI=1S/C13H15NOS.ClH/c1-15-12-5-2-4-11(8-12)9-14-10-13-6-3-7-16-13;/h2-8,14H,9-10H2,1H3;1H. The molecule has 1 N–H and O–H groups in total. The lowest BCUT2D eigenvalue weighted by Gasteiger charge is -2.05. The maximum Gasteiger partial charge on any atom is 0.119 e. The molecular weight excluding hydrogens is 254 g/mol. The lowest BCUT2D eigenvalue weighted by atomic mass is 10.2. The monoisotopic (exact) mass is 269 g/mol.